The van der Waals surface area contributed by atoms with Gasteiger partial charge in [-0.15, -0.1) is 0 Å². The van der Waals surface area contributed by atoms with Gasteiger partial charge in [0.15, 0.2) is 0 Å². The second-order valence-corrected chi connectivity index (χ2v) is 0.167. The first-order valence-corrected chi connectivity index (χ1v) is 1.15. The van der Waals surface area contributed by atoms with Crippen LogP contribution in [0.4, 0.5) is 0 Å². The summed E-state index contributed by atoms with van der Waals surface area (Å²) in [6.45, 7) is 0. The van der Waals surface area contributed by atoms with Gasteiger partial charge < -0.3 is 0 Å². The monoisotopic (exact) mass is 395 g/mol. The van der Waals surface area contributed by atoms with E-state index in [0.29, 0.717) is 0 Å². The molecule has 0 aromatic rings. The lowest BCUT2D eigenvalue weighted by Gasteiger charge is -0.945. The standard InChI is InChI=1S/2CO2.15CH4.2O2.H2/c2*2-1-3;;;;;;;;;;;;;;;;2*1-2;/h;;15*1H4;;;1H/i;;;;;;;;;;;;;;;;;;;1+1. The summed E-state index contributed by atoms with van der Waals surface area (Å²) in [4.78, 5) is 60.5. The van der Waals surface area contributed by atoms with Crippen LogP contribution < -0.4 is 0 Å². The third kappa shape index (κ3) is 2100. The summed E-state index contributed by atoms with van der Waals surface area (Å²) in [5.74, 6) is 0. The highest BCUT2D eigenvalue weighted by molar-refractivity contribution is 5.20. The quantitative estimate of drug-likeness (QED) is 0.396. The number of rotatable bonds is 0. The molecule has 8 nitrogen and oxygen atoms in total. The number of hydrogen-bond acceptors (Lipinski definition) is 8. The highest BCUT2D eigenvalue weighted by Crippen LogP contribution is 0.791. The van der Waals surface area contributed by atoms with Gasteiger partial charge in [-0.05, 0) is 0 Å². The smallest absolute Gasteiger partial charge is 0.186 e. The van der Waals surface area contributed by atoms with Crippen LogP contribution >= 0.6 is 0 Å². The van der Waals surface area contributed by atoms with Crippen LogP contribution in [0.2, 0.25) is 0 Å². The van der Waals surface area contributed by atoms with E-state index in [1.54, 1.807) is 0 Å². The van der Waals surface area contributed by atoms with Gasteiger partial charge in [0.25, 0.3) is 0 Å². The summed E-state index contributed by atoms with van der Waals surface area (Å²) in [6.07, 6.45) is 0.500. The summed E-state index contributed by atoms with van der Waals surface area (Å²) in [6, 6.07) is 0. The fourth-order valence-electron chi connectivity index (χ4n) is 0. The average molecular weight is 396 g/mol. The van der Waals surface area contributed by atoms with Gasteiger partial charge in [0.05, 0.1) is 0 Å². The molecular weight excluding hydrogens is 332 g/mol. The van der Waals surface area contributed by atoms with E-state index >= 15 is 0 Å². The zero-order valence-corrected chi connectivity index (χ0v) is 4.27. The Morgan fingerprint density at radius 3 is 0.280 bits per heavy atom. The minimum atomic E-state index is 0. The van der Waals surface area contributed by atoms with Crippen molar-refractivity contribution in [3.05, 3.63) is 19.9 Å². The molecule has 0 aromatic heterocycles. The van der Waals surface area contributed by atoms with Crippen molar-refractivity contribution in [2.45, 2.75) is 111 Å². The predicted molar refractivity (Wildman–Crippen MR) is 127 cm³/mol. The molecule has 0 aliphatic rings. The zero-order chi connectivity index (χ0) is 9.41. The van der Waals surface area contributed by atoms with Crippen LogP contribution in [-0.2, 0) is 19.2 Å². The Labute approximate surface area is 165 Å². The Balaban J connectivity index is -0.000000000857. The Morgan fingerprint density at radius 2 is 0.280 bits per heavy atom. The first-order valence-electron chi connectivity index (χ1n) is 1.15. The van der Waals surface area contributed by atoms with Gasteiger partial charge in [-0.3, -0.25) is 0 Å². The fraction of sp³-hybridized carbons (Fsp3) is 0.882. The summed E-state index contributed by atoms with van der Waals surface area (Å²) in [5.41, 5.74) is 0. The van der Waals surface area contributed by atoms with Crippen LogP contribution in [0.1, 0.15) is 113 Å². The average Bonchev–Trinajstić information content (AvgIpc) is 1.99. The van der Waals surface area contributed by atoms with Crippen molar-refractivity contribution in [2.24, 2.45) is 0 Å². The minimum Gasteiger partial charge on any atom is -0.186 e. The van der Waals surface area contributed by atoms with E-state index in [4.69, 9.17) is 39.0 Å². The molecule has 0 aliphatic carbocycles. The topological polar surface area (TPSA) is 137 Å². The third-order valence-electron chi connectivity index (χ3n) is 0. The minimum absolute atomic E-state index is 0. The maximum atomic E-state index is 8.12. The molecule has 0 saturated carbocycles. The van der Waals surface area contributed by atoms with Gasteiger partial charge in [0, 0.05) is 21.3 Å². The van der Waals surface area contributed by atoms with Gasteiger partial charge in [-0.1, -0.05) is 111 Å². The zero-order valence-electron chi connectivity index (χ0n) is 4.27. The molecule has 0 N–H and O–H groups in total. The summed E-state index contributed by atoms with van der Waals surface area (Å²) >= 11 is 0. The molecule has 0 radical (unpaired) electrons. The van der Waals surface area contributed by atoms with Crippen molar-refractivity contribution in [3.63, 3.8) is 0 Å². The number of hydrogen-bond donors (Lipinski definition) is 0. The highest BCUT2D eigenvalue weighted by Gasteiger charge is 1.13. The summed E-state index contributed by atoms with van der Waals surface area (Å²) in [5, 5.41) is 0. The van der Waals surface area contributed by atoms with Crippen LogP contribution in [0, 0.1) is 19.9 Å². The van der Waals surface area contributed by atoms with E-state index in [2.05, 4.69) is 0 Å². The summed E-state index contributed by atoms with van der Waals surface area (Å²) < 4.78 is 0. The first kappa shape index (κ1) is 706. The highest BCUT2D eigenvalue weighted by atomic mass is 16.7. The van der Waals surface area contributed by atoms with Gasteiger partial charge in [0.2, 0.25) is 0 Å². The van der Waals surface area contributed by atoms with Crippen LogP contribution in [0.5, 0.6) is 0 Å². The van der Waals surface area contributed by atoms with E-state index in [-0.39, 0.29) is 125 Å². The molecule has 0 saturated heterocycles. The van der Waals surface area contributed by atoms with Gasteiger partial charge in [0.1, 0.15) is 0 Å². The molecule has 0 aromatic carbocycles. The van der Waals surface area contributed by atoms with Gasteiger partial charge in [-0.2, -0.15) is 19.2 Å². The molecule has 0 heterocycles. The molecule has 0 aliphatic heterocycles. The Bertz CT molecular complexity index is 101. The SMILES string of the molecule is C.C.C.C.C.C.C.C.C.C.C.C.C.C.C.O=C=O.O=C=O.O=O.O=O.[2HH]. The van der Waals surface area contributed by atoms with Crippen LogP contribution in [0.15, 0.2) is 0 Å². The van der Waals surface area contributed by atoms with Crippen molar-refractivity contribution in [3.8, 4) is 0 Å². The van der Waals surface area contributed by atoms with E-state index < -0.39 is 0 Å². The van der Waals surface area contributed by atoms with Gasteiger partial charge >= 0.3 is 12.3 Å². The Morgan fingerprint density at radius 1 is 0.280 bits per heavy atom. The first-order chi connectivity index (χ1) is 4.83. The van der Waals surface area contributed by atoms with Crippen molar-refractivity contribution in [1.82, 2.24) is 0 Å². The van der Waals surface area contributed by atoms with Gasteiger partial charge in [-0.25, -0.2) is 0 Å². The maximum Gasteiger partial charge on any atom is 0.373 e. The molecule has 0 spiro atoms. The Hall–Kier alpha value is -2.04. The van der Waals surface area contributed by atoms with Crippen molar-refractivity contribution in [2.75, 3.05) is 0 Å². The van der Waals surface area contributed by atoms with Crippen LogP contribution in [-0.4, -0.2) is 12.3 Å². The van der Waals surface area contributed by atoms with E-state index in [1.165, 1.54) is 0 Å². The van der Waals surface area contributed by atoms with Crippen molar-refractivity contribution in [1.29, 1.82) is 0 Å². The largest absolute Gasteiger partial charge is 0.373 e. The van der Waals surface area contributed by atoms with Crippen molar-refractivity contribution < 1.29 is 20.6 Å². The normalized spacial score (nSPS) is 0.960. The van der Waals surface area contributed by atoms with Crippen LogP contribution in [0.3, 0.4) is 0 Å². The molecule has 0 rings (SSSR count). The lowest BCUT2D eigenvalue weighted by atomic mass is 11.8. The number of carbonyl (C=O) groups excluding carboxylic acids is 4. The lowest BCUT2D eigenvalue weighted by Crippen LogP contribution is -1.22. The van der Waals surface area contributed by atoms with E-state index in [9.17, 15) is 0 Å². The summed E-state index contributed by atoms with van der Waals surface area (Å²) in [7, 11) is 0. The second kappa shape index (κ2) is 6030000. The predicted octanol–water partition coefficient (Wildman–Crippen LogP) is 8.75. The second-order valence-electron chi connectivity index (χ2n) is 0.167. The molecule has 8 heteroatoms. The van der Waals surface area contributed by atoms with Crippen molar-refractivity contribution >= 4 is 12.3 Å². The molecule has 0 amide bonds. The molecule has 0 atom stereocenters. The maximum absolute atomic E-state index is 8.12. The third-order valence-corrected chi connectivity index (χ3v) is 0. The Kier molecular flexibility index (Phi) is 170000000. The molecule has 0 bridgehead atoms. The molecular formula is C17H62O8. The lowest BCUT2D eigenvalue weighted by molar-refractivity contribution is -0.193. The van der Waals surface area contributed by atoms with E-state index in [1.807, 2.05) is 0 Å². The molecule has 0 fully saturated rings. The molecule has 0 unspecified atom stereocenters. The molecule has 25 heavy (non-hydrogen) atoms. The fourth-order valence-corrected chi connectivity index (χ4v) is 0. The van der Waals surface area contributed by atoms with Crippen LogP contribution in [0.25, 0.3) is 0 Å². The molecule has 178 valence electrons. The van der Waals surface area contributed by atoms with E-state index in [0.717, 1.165) is 0 Å².